The number of carbonyl (C=O) groups is 2. The van der Waals surface area contributed by atoms with Gasteiger partial charge in [0.05, 0.1) is 0 Å². The van der Waals surface area contributed by atoms with Crippen LogP contribution in [-0.4, -0.2) is 87.2 Å². The first-order valence-corrected chi connectivity index (χ1v) is 11.5. The summed E-state index contributed by atoms with van der Waals surface area (Å²) in [6, 6.07) is 1.03. The number of aromatic nitrogens is 2. The topological polar surface area (TPSA) is 94.0 Å². The normalized spacial score (nSPS) is 24.8. The number of likely N-dealkylation sites (tertiary alicyclic amines) is 1. The second-order valence-corrected chi connectivity index (χ2v) is 9.30. The Bertz CT molecular complexity index is 840. The highest BCUT2D eigenvalue weighted by Crippen LogP contribution is 2.28. The molecule has 2 unspecified atom stereocenters. The molecule has 30 heavy (non-hydrogen) atoms. The van der Waals surface area contributed by atoms with Crippen molar-refractivity contribution in [2.75, 3.05) is 32.4 Å². The van der Waals surface area contributed by atoms with Gasteiger partial charge in [-0.2, -0.15) is 0 Å². The number of amides is 3. The summed E-state index contributed by atoms with van der Waals surface area (Å²) in [6.45, 7) is 6.79. The van der Waals surface area contributed by atoms with Gasteiger partial charge in [0.25, 0.3) is 5.91 Å². The van der Waals surface area contributed by atoms with Gasteiger partial charge in [-0.15, -0.1) is 0 Å². The van der Waals surface area contributed by atoms with Crippen molar-refractivity contribution in [3.63, 3.8) is 0 Å². The van der Waals surface area contributed by atoms with Crippen molar-refractivity contribution in [3.05, 3.63) is 18.0 Å². The summed E-state index contributed by atoms with van der Waals surface area (Å²) in [5.41, 5.74) is 0.954. The first kappa shape index (κ1) is 20.9. The molecule has 0 radical (unpaired) electrons. The number of thioether (sulfide) groups is 1. The van der Waals surface area contributed by atoms with Gasteiger partial charge < -0.3 is 14.7 Å². The fourth-order valence-corrected chi connectivity index (χ4v) is 4.92. The van der Waals surface area contributed by atoms with Crippen molar-refractivity contribution < 1.29 is 9.59 Å². The third-order valence-electron chi connectivity index (χ3n) is 5.95. The number of carbonyl (C=O) groups excluding carboxylic acids is 2. The Balaban J connectivity index is 1.45. The second kappa shape index (κ2) is 8.79. The molecule has 0 spiro atoms. The summed E-state index contributed by atoms with van der Waals surface area (Å²) < 4.78 is 0. The molecule has 2 saturated heterocycles. The van der Waals surface area contributed by atoms with E-state index in [9.17, 15) is 9.59 Å². The zero-order valence-electron chi connectivity index (χ0n) is 17.7. The number of fused-ring (bicyclic) bond motifs is 1. The molecule has 4 heterocycles. The van der Waals surface area contributed by atoms with E-state index in [-0.39, 0.29) is 11.9 Å². The molecule has 3 aliphatic rings. The molecular formula is C20H29N7O2S. The number of hydrogen-bond acceptors (Lipinski definition) is 8. The van der Waals surface area contributed by atoms with E-state index in [0.29, 0.717) is 12.5 Å². The van der Waals surface area contributed by atoms with Crippen molar-refractivity contribution in [1.29, 1.82) is 0 Å². The van der Waals surface area contributed by atoms with E-state index < -0.39 is 12.2 Å². The number of urea groups is 1. The largest absolute Gasteiger partial charge is 0.343 e. The van der Waals surface area contributed by atoms with E-state index in [2.05, 4.69) is 32.0 Å². The van der Waals surface area contributed by atoms with Crippen LogP contribution in [0.4, 0.5) is 4.79 Å². The molecule has 162 valence electrons. The maximum absolute atomic E-state index is 12.7. The number of aryl methyl sites for hydroxylation is 1. The Labute approximate surface area is 181 Å². The third-order valence-corrected chi connectivity index (χ3v) is 6.90. The molecule has 1 N–H and O–H groups in total. The third kappa shape index (κ3) is 4.23. The molecule has 2 fully saturated rings. The summed E-state index contributed by atoms with van der Waals surface area (Å²) in [6.07, 6.45) is 4.40. The number of piperidine rings is 1. The molecule has 10 heteroatoms. The summed E-state index contributed by atoms with van der Waals surface area (Å²) >= 11 is 1.62. The lowest BCUT2D eigenvalue weighted by molar-refractivity contribution is -0.127. The van der Waals surface area contributed by atoms with Gasteiger partial charge in [-0.3, -0.25) is 10.1 Å². The van der Waals surface area contributed by atoms with Crippen LogP contribution in [0.1, 0.15) is 31.9 Å². The van der Waals surface area contributed by atoms with Crippen molar-refractivity contribution in [3.8, 4) is 0 Å². The number of hydrogen-bond donors (Lipinski definition) is 1. The number of aliphatic imine (C=N–C) groups is 1. The molecule has 3 aliphatic heterocycles. The van der Waals surface area contributed by atoms with Crippen molar-refractivity contribution in [2.24, 2.45) is 10.9 Å². The first-order chi connectivity index (χ1) is 14.4. The summed E-state index contributed by atoms with van der Waals surface area (Å²) in [7, 11) is 1.70. The fraction of sp³-hybridized carbons (Fsp3) is 0.650. The molecular weight excluding hydrogens is 402 g/mol. The maximum atomic E-state index is 12.7. The molecule has 0 bridgehead atoms. The van der Waals surface area contributed by atoms with Crippen LogP contribution in [0, 0.1) is 12.8 Å². The average Bonchev–Trinajstić information content (AvgIpc) is 3.10. The van der Waals surface area contributed by atoms with Gasteiger partial charge in [-0.1, -0.05) is 18.7 Å². The van der Waals surface area contributed by atoms with Gasteiger partial charge in [0.2, 0.25) is 0 Å². The minimum atomic E-state index is -0.470. The van der Waals surface area contributed by atoms with E-state index in [1.165, 1.54) is 4.90 Å². The van der Waals surface area contributed by atoms with Crippen LogP contribution < -0.4 is 5.32 Å². The lowest BCUT2D eigenvalue weighted by Crippen LogP contribution is -2.64. The minimum Gasteiger partial charge on any atom is -0.343 e. The van der Waals surface area contributed by atoms with Gasteiger partial charge >= 0.3 is 6.03 Å². The van der Waals surface area contributed by atoms with Crippen LogP contribution >= 0.6 is 11.8 Å². The molecule has 4 rings (SSSR count). The number of nitrogens with one attached hydrogen (secondary N) is 1. The van der Waals surface area contributed by atoms with Crippen LogP contribution in [0.3, 0.4) is 0 Å². The second-order valence-electron chi connectivity index (χ2n) is 8.24. The molecule has 0 saturated carbocycles. The predicted octanol–water partition coefficient (Wildman–Crippen LogP) is 1.55. The number of rotatable bonds is 5. The standard InChI is InChI=1S/C20H29N7O2S/c1-13-6-10-26(11-7-13)19-23-16-15(17(28)24-20(29)25(16)3)27(19)9-4-12-30-18-21-8-5-14(2)22-18/h5,8,13,15-16H,4,6-7,9-12H2,1-3H3,(H,24,28,29). The quantitative estimate of drug-likeness (QED) is 0.429. The van der Waals surface area contributed by atoms with Gasteiger partial charge in [-0.25, -0.2) is 19.8 Å². The van der Waals surface area contributed by atoms with Gasteiger partial charge in [-0.05, 0) is 38.2 Å². The Morgan fingerprint density at radius 1 is 1.27 bits per heavy atom. The number of guanidine groups is 1. The summed E-state index contributed by atoms with van der Waals surface area (Å²) in [5, 5.41) is 3.24. The highest BCUT2D eigenvalue weighted by molar-refractivity contribution is 7.99. The van der Waals surface area contributed by atoms with E-state index in [1.54, 1.807) is 25.0 Å². The smallest absolute Gasteiger partial charge is 0.325 e. The number of likely N-dealkylation sites (N-methyl/N-ethyl adjacent to an activating group) is 1. The highest BCUT2D eigenvalue weighted by atomic mass is 32.2. The molecule has 1 aromatic rings. The van der Waals surface area contributed by atoms with Crippen LogP contribution in [-0.2, 0) is 4.79 Å². The van der Waals surface area contributed by atoms with Crippen LogP contribution in [0.5, 0.6) is 0 Å². The van der Waals surface area contributed by atoms with Gasteiger partial charge in [0.15, 0.2) is 23.3 Å². The zero-order chi connectivity index (χ0) is 21.3. The molecule has 1 aromatic heterocycles. The average molecular weight is 432 g/mol. The number of nitrogens with zero attached hydrogens (tertiary/aromatic N) is 6. The maximum Gasteiger partial charge on any atom is 0.325 e. The first-order valence-electron chi connectivity index (χ1n) is 10.5. The van der Waals surface area contributed by atoms with Crippen molar-refractivity contribution in [2.45, 2.75) is 50.5 Å². The van der Waals surface area contributed by atoms with Crippen molar-refractivity contribution >= 4 is 29.7 Å². The Hall–Kier alpha value is -2.36. The fourth-order valence-electron chi connectivity index (χ4n) is 4.12. The Morgan fingerprint density at radius 3 is 2.77 bits per heavy atom. The predicted molar refractivity (Wildman–Crippen MR) is 115 cm³/mol. The Morgan fingerprint density at radius 2 is 2.03 bits per heavy atom. The van der Waals surface area contributed by atoms with Gasteiger partial charge in [0, 0.05) is 44.3 Å². The van der Waals surface area contributed by atoms with Crippen molar-refractivity contribution in [1.82, 2.24) is 30.0 Å². The van der Waals surface area contributed by atoms with Crippen LogP contribution in [0.2, 0.25) is 0 Å². The minimum absolute atomic E-state index is 0.262. The zero-order valence-corrected chi connectivity index (χ0v) is 18.6. The monoisotopic (exact) mass is 431 g/mol. The lowest BCUT2D eigenvalue weighted by atomic mass is 9.99. The Kier molecular flexibility index (Phi) is 6.12. The van der Waals surface area contributed by atoms with E-state index >= 15 is 0 Å². The molecule has 0 aromatic carbocycles. The molecule has 9 nitrogen and oxygen atoms in total. The SMILES string of the molecule is Cc1ccnc(SCCCN2C(N3CCC(C)CC3)=NC3C2C(=O)NC(=O)N3C)n1. The lowest BCUT2D eigenvalue weighted by Gasteiger charge is -2.39. The summed E-state index contributed by atoms with van der Waals surface area (Å²) in [4.78, 5) is 44.3. The van der Waals surface area contributed by atoms with Gasteiger partial charge in [0.1, 0.15) is 0 Å². The van der Waals surface area contributed by atoms with E-state index in [0.717, 1.165) is 54.9 Å². The van der Waals surface area contributed by atoms with E-state index in [4.69, 9.17) is 4.99 Å². The highest BCUT2D eigenvalue weighted by Gasteiger charge is 2.49. The summed E-state index contributed by atoms with van der Waals surface area (Å²) in [5.74, 6) is 2.14. The van der Waals surface area contributed by atoms with Crippen LogP contribution in [0.15, 0.2) is 22.4 Å². The molecule has 0 aliphatic carbocycles. The number of imide groups is 1. The molecule has 2 atom stereocenters. The van der Waals surface area contributed by atoms with Crippen LogP contribution in [0.25, 0.3) is 0 Å². The molecule has 3 amide bonds. The van der Waals surface area contributed by atoms with E-state index in [1.807, 2.05) is 13.0 Å².